The molecule has 1 atom stereocenters. The Morgan fingerprint density at radius 1 is 0.562 bits per heavy atom. The topological polar surface area (TPSA) is 0 Å². The average Bonchev–Trinajstić information content (AvgIpc) is 1.95. The zero-order valence-electron chi connectivity index (χ0n) is 6.73. The normalized spacial score (nSPS) is 17.4. The van der Waals surface area contributed by atoms with E-state index < -0.39 is 0 Å². The van der Waals surface area contributed by atoms with Crippen LogP contribution in [0, 0.1) is 0 Å². The maximum absolute atomic E-state index is 2.67. The quantitative estimate of drug-likeness (QED) is 0.195. The van der Waals surface area contributed by atoms with Crippen LogP contribution < -0.4 is 0 Å². The molecule has 0 aliphatic carbocycles. The van der Waals surface area contributed by atoms with Gasteiger partial charge in [0.15, 0.2) is 0 Å². The average molecular weight is 1460 g/mol. The van der Waals surface area contributed by atoms with Crippen molar-refractivity contribution in [2.24, 2.45) is 0 Å². The summed E-state index contributed by atoms with van der Waals surface area (Å²) >= 11 is 28.4. The first kappa shape index (κ1) is 24.0. The summed E-state index contributed by atoms with van der Waals surface area (Å²) in [4.78, 5) is 0. The van der Waals surface area contributed by atoms with E-state index in [1.165, 1.54) is 0 Å². The fourth-order valence-corrected chi connectivity index (χ4v) is 17.8. The predicted molar refractivity (Wildman–Crippen MR) is 169 cm³/mol. The van der Waals surface area contributed by atoms with Gasteiger partial charge >= 0.3 is 0 Å². The van der Waals surface area contributed by atoms with Gasteiger partial charge in [-0.15, -0.1) is 0 Å². The monoisotopic (exact) mass is 1460 g/mol. The molecule has 0 spiro atoms. The van der Waals surface area contributed by atoms with Gasteiger partial charge < -0.3 is 0 Å². The van der Waals surface area contributed by atoms with Crippen molar-refractivity contribution in [3.8, 4) is 0 Å². The summed E-state index contributed by atoms with van der Waals surface area (Å²) in [6.45, 7) is 0. The molecule has 1 unspecified atom stereocenters. The first-order valence-electron chi connectivity index (χ1n) is 3.19. The molecule has 11 heteroatoms. The Bertz CT molecular complexity index is 227. The standard InChI is InChI=1S/C5HI11/c6-1(3(8,9)10)2(7,4(11,12)13)5(14,15)16/h1H. The smallest absolute Gasteiger partial charge is 0.0777 e. The van der Waals surface area contributed by atoms with E-state index >= 15 is 0 Å². The Morgan fingerprint density at radius 2 is 0.812 bits per heavy atom. The van der Waals surface area contributed by atoms with Crippen LogP contribution in [0.4, 0.5) is 0 Å². The second-order valence-corrected chi connectivity index (χ2v) is 38.9. The Morgan fingerprint density at radius 3 is 0.875 bits per heavy atom. The number of hydrogen-bond donors (Lipinski definition) is 0. The minimum atomic E-state index is 0.170. The van der Waals surface area contributed by atoms with Crippen LogP contribution in [-0.4, -0.2) is 5.65 Å². The summed E-state index contributed by atoms with van der Waals surface area (Å²) in [7, 11) is 0. The molecule has 0 rings (SSSR count). The summed E-state index contributed by atoms with van der Waals surface area (Å²) in [6, 6.07) is 0. The van der Waals surface area contributed by atoms with Gasteiger partial charge in [0, 0.05) is 0 Å². The van der Waals surface area contributed by atoms with Crippen molar-refractivity contribution >= 4 is 248 Å². The fourth-order valence-electron chi connectivity index (χ4n) is 0.674. The highest BCUT2D eigenvalue weighted by molar-refractivity contribution is 14.3. The van der Waals surface area contributed by atoms with Gasteiger partial charge in [-0.05, 0) is 0 Å². The first-order valence-corrected chi connectivity index (χ1v) is 15.2. The highest BCUT2D eigenvalue weighted by Crippen LogP contribution is 2.69. The van der Waals surface area contributed by atoms with Crippen LogP contribution in [0.25, 0.3) is 0 Å². The van der Waals surface area contributed by atoms with Crippen LogP contribution in [0.2, 0.25) is 0 Å². The number of halogens is 11. The molecular weight excluding hydrogens is 1460 g/mol. The number of alkyl halides is 11. The maximum Gasteiger partial charge on any atom is 0.142 e. The van der Waals surface area contributed by atoms with Gasteiger partial charge in [0.1, 0.15) is 1.73 Å². The van der Waals surface area contributed by atoms with Crippen molar-refractivity contribution in [2.75, 3.05) is 0 Å². The third-order valence-corrected chi connectivity index (χ3v) is 23.5. The number of rotatable bonds is 4. The Kier molecular flexibility index (Phi) is 13.7. The van der Waals surface area contributed by atoms with Crippen LogP contribution >= 0.6 is 248 Å². The van der Waals surface area contributed by atoms with Crippen molar-refractivity contribution < 1.29 is 0 Å². The van der Waals surface area contributed by atoms with E-state index in [1.54, 1.807) is 0 Å². The predicted octanol–water partition coefficient (Wildman–Crippen LogP) is 8.84. The molecule has 0 N–H and O–H groups in total. The van der Waals surface area contributed by atoms with Gasteiger partial charge in [0.05, 0.1) is 3.92 Å². The highest BCUT2D eigenvalue weighted by atomic mass is 127. The molecule has 0 aromatic rings. The van der Waals surface area contributed by atoms with Gasteiger partial charge in [-0.25, -0.2) is 0 Å². The summed E-state index contributed by atoms with van der Waals surface area (Å²) < 4.78 is 1.28. The Labute approximate surface area is 246 Å². The molecule has 0 bridgehead atoms. The SMILES string of the molecule is IC(C(I)(I)I)C(I)(C(I)(I)I)C(I)(I)I. The fraction of sp³-hybridized carbons (Fsp3) is 1.00. The van der Waals surface area contributed by atoms with E-state index in [4.69, 9.17) is 0 Å². The summed E-state index contributed by atoms with van der Waals surface area (Å²) in [5, 5.41) is 0. The molecule has 16 heavy (non-hydrogen) atoms. The van der Waals surface area contributed by atoms with E-state index in [9.17, 15) is 0 Å². The third-order valence-electron chi connectivity index (χ3n) is 1.46. The summed E-state index contributed by atoms with van der Waals surface area (Å²) in [6.07, 6.45) is 0. The van der Waals surface area contributed by atoms with Crippen LogP contribution in [0.5, 0.6) is 0 Å². The summed E-state index contributed by atoms with van der Waals surface area (Å²) in [5.41, 5.74) is 0. The first-order chi connectivity index (χ1) is 6.65. The molecule has 0 radical (unpaired) electrons. The maximum atomic E-state index is 2.67. The van der Waals surface area contributed by atoms with Crippen LogP contribution in [0.3, 0.4) is 0 Å². The molecule has 0 saturated heterocycles. The van der Waals surface area contributed by atoms with Crippen molar-refractivity contribution in [3.05, 3.63) is 0 Å². The number of hydrogen-bond acceptors (Lipinski definition) is 0. The van der Waals surface area contributed by atoms with Crippen molar-refractivity contribution in [1.29, 1.82) is 0 Å². The Hall–Kier alpha value is 8.03. The van der Waals surface area contributed by atoms with Crippen LogP contribution in [0.15, 0.2) is 0 Å². The lowest BCUT2D eigenvalue weighted by molar-refractivity contribution is 0.758. The van der Waals surface area contributed by atoms with E-state index in [0.717, 1.165) is 0 Å². The van der Waals surface area contributed by atoms with E-state index in [1.807, 2.05) is 0 Å². The van der Waals surface area contributed by atoms with Crippen molar-refractivity contribution in [3.63, 3.8) is 0 Å². The van der Waals surface area contributed by atoms with Crippen molar-refractivity contribution in [2.45, 2.75) is 5.65 Å². The summed E-state index contributed by atoms with van der Waals surface area (Å²) in [5.74, 6) is 0. The van der Waals surface area contributed by atoms with Crippen molar-refractivity contribution in [1.82, 2.24) is 0 Å². The second kappa shape index (κ2) is 9.11. The van der Waals surface area contributed by atoms with Gasteiger partial charge in [0.2, 0.25) is 0 Å². The van der Waals surface area contributed by atoms with Gasteiger partial charge in [-0.3, -0.25) is 0 Å². The minimum absolute atomic E-state index is 0.170. The van der Waals surface area contributed by atoms with Crippen LogP contribution in [-0.2, 0) is 0 Å². The molecule has 0 saturated carbocycles. The molecule has 0 aromatic carbocycles. The molecule has 0 heterocycles. The largest absolute Gasteiger partial charge is 0.142 e. The zero-order valence-corrected chi connectivity index (χ0v) is 30.5. The molecule has 98 valence electrons. The lowest BCUT2D eigenvalue weighted by Gasteiger charge is -2.48. The Balaban J connectivity index is 5.63. The highest BCUT2D eigenvalue weighted by Gasteiger charge is 2.63. The molecule has 0 aliphatic rings. The van der Waals surface area contributed by atoms with Gasteiger partial charge in [0.25, 0.3) is 0 Å². The molecule has 0 nitrogen and oxygen atoms in total. The third kappa shape index (κ3) is 6.74. The minimum Gasteiger partial charge on any atom is -0.0777 e. The molecular formula is C5HI11. The van der Waals surface area contributed by atoms with Gasteiger partial charge in [-0.1, -0.05) is 248 Å². The molecule has 0 aliphatic heterocycles. The van der Waals surface area contributed by atoms with E-state index in [-0.39, 0.29) is 1.73 Å². The lowest BCUT2D eigenvalue weighted by Crippen LogP contribution is -2.56. The second-order valence-electron chi connectivity index (χ2n) is 2.61. The molecule has 0 fully saturated rings. The van der Waals surface area contributed by atoms with E-state index in [2.05, 4.69) is 248 Å². The zero-order chi connectivity index (χ0) is 13.6. The van der Waals surface area contributed by atoms with Gasteiger partial charge in [-0.2, -0.15) is 0 Å². The molecule has 0 aromatic heterocycles. The molecule has 0 amide bonds. The van der Waals surface area contributed by atoms with Crippen LogP contribution in [0.1, 0.15) is 0 Å². The lowest BCUT2D eigenvalue weighted by atomic mass is 10.2. The van der Waals surface area contributed by atoms with E-state index in [0.29, 0.717) is 3.92 Å².